The topological polar surface area (TPSA) is 99.7 Å². The third-order valence-electron chi connectivity index (χ3n) is 7.97. The first-order valence-electron chi connectivity index (χ1n) is 13.0. The van der Waals surface area contributed by atoms with Gasteiger partial charge in [0, 0.05) is 49.6 Å². The highest BCUT2D eigenvalue weighted by molar-refractivity contribution is 5.99. The minimum absolute atomic E-state index is 0.0456. The second-order valence-corrected chi connectivity index (χ2v) is 10.1. The van der Waals surface area contributed by atoms with Crippen LogP contribution in [0.3, 0.4) is 0 Å². The van der Waals surface area contributed by atoms with Crippen LogP contribution in [0.4, 0.5) is 5.82 Å². The molecule has 9 heteroatoms. The molecule has 1 atom stereocenters. The maximum Gasteiger partial charge on any atom is 0.259 e. The molecule has 36 heavy (non-hydrogen) atoms. The van der Waals surface area contributed by atoms with Crippen LogP contribution in [-0.4, -0.2) is 62.7 Å². The number of rotatable bonds is 3. The fraction of sp³-hybridized carbons (Fsp3) is 0.519. The molecule has 186 valence electrons. The van der Waals surface area contributed by atoms with E-state index in [4.69, 9.17) is 9.72 Å². The highest BCUT2D eigenvalue weighted by Crippen LogP contribution is 2.39. The maximum atomic E-state index is 13.4. The predicted molar refractivity (Wildman–Crippen MR) is 134 cm³/mol. The molecule has 1 saturated carbocycles. The fourth-order valence-corrected chi connectivity index (χ4v) is 6.11. The smallest absolute Gasteiger partial charge is 0.259 e. The van der Waals surface area contributed by atoms with Crippen molar-refractivity contribution in [2.75, 3.05) is 31.1 Å². The summed E-state index contributed by atoms with van der Waals surface area (Å²) >= 11 is 0. The van der Waals surface area contributed by atoms with Crippen molar-refractivity contribution < 1.29 is 9.53 Å². The molecule has 1 amide bonds. The SMILES string of the molecule is C[C@@H]1CN(c2nc(C3CCCCC3)c3c(c2C#N)CCOC3)CCN1C(=O)c1cnn2cccnc12. The normalized spacial score (nSPS) is 20.8. The van der Waals surface area contributed by atoms with Gasteiger partial charge in [-0.2, -0.15) is 10.4 Å². The average molecular weight is 486 g/mol. The van der Waals surface area contributed by atoms with Crippen LogP contribution in [0, 0.1) is 11.3 Å². The Morgan fingerprint density at radius 3 is 2.86 bits per heavy atom. The summed E-state index contributed by atoms with van der Waals surface area (Å²) in [6, 6.07) is 4.23. The highest BCUT2D eigenvalue weighted by Gasteiger charge is 2.34. The van der Waals surface area contributed by atoms with E-state index in [-0.39, 0.29) is 11.9 Å². The van der Waals surface area contributed by atoms with E-state index >= 15 is 0 Å². The molecule has 6 rings (SSSR count). The number of piperazine rings is 1. The molecule has 0 spiro atoms. The number of nitriles is 1. The van der Waals surface area contributed by atoms with Crippen molar-refractivity contribution in [2.45, 2.75) is 64.0 Å². The lowest BCUT2D eigenvalue weighted by atomic mass is 9.82. The Morgan fingerprint density at radius 2 is 2.06 bits per heavy atom. The summed E-state index contributed by atoms with van der Waals surface area (Å²) in [6.45, 7) is 5.06. The number of ether oxygens (including phenoxy) is 1. The fourth-order valence-electron chi connectivity index (χ4n) is 6.11. The van der Waals surface area contributed by atoms with Gasteiger partial charge in [0.25, 0.3) is 5.91 Å². The molecule has 0 bridgehead atoms. The zero-order valence-corrected chi connectivity index (χ0v) is 20.7. The van der Waals surface area contributed by atoms with E-state index in [1.54, 1.807) is 29.2 Å². The van der Waals surface area contributed by atoms with Gasteiger partial charge in [0.15, 0.2) is 5.65 Å². The first kappa shape index (κ1) is 22.9. The lowest BCUT2D eigenvalue weighted by Gasteiger charge is -2.41. The summed E-state index contributed by atoms with van der Waals surface area (Å²) in [5.74, 6) is 1.16. The van der Waals surface area contributed by atoms with Crippen LogP contribution in [0.25, 0.3) is 5.65 Å². The molecule has 2 aliphatic heterocycles. The molecule has 3 aromatic heterocycles. The molecular weight excluding hydrogens is 454 g/mol. The number of fused-ring (bicyclic) bond motifs is 2. The van der Waals surface area contributed by atoms with Crippen molar-refractivity contribution in [2.24, 2.45) is 0 Å². The molecular formula is C27H31N7O2. The van der Waals surface area contributed by atoms with E-state index in [0.717, 1.165) is 41.9 Å². The van der Waals surface area contributed by atoms with Crippen LogP contribution in [0.5, 0.6) is 0 Å². The number of hydrogen-bond donors (Lipinski definition) is 0. The summed E-state index contributed by atoms with van der Waals surface area (Å²) in [4.78, 5) is 27.1. The molecule has 3 aromatic rings. The molecule has 1 aliphatic carbocycles. The number of carbonyl (C=O) groups is 1. The summed E-state index contributed by atoms with van der Waals surface area (Å²) in [5, 5.41) is 14.5. The van der Waals surface area contributed by atoms with Gasteiger partial charge in [-0.05, 0) is 37.8 Å². The van der Waals surface area contributed by atoms with Crippen LogP contribution in [0.1, 0.15) is 77.7 Å². The van der Waals surface area contributed by atoms with E-state index in [2.05, 4.69) is 28.0 Å². The van der Waals surface area contributed by atoms with Crippen molar-refractivity contribution in [1.29, 1.82) is 5.26 Å². The van der Waals surface area contributed by atoms with Gasteiger partial charge in [0.1, 0.15) is 17.5 Å². The van der Waals surface area contributed by atoms with Gasteiger partial charge in [-0.15, -0.1) is 0 Å². The van der Waals surface area contributed by atoms with E-state index in [1.165, 1.54) is 19.3 Å². The second-order valence-electron chi connectivity index (χ2n) is 10.1. The van der Waals surface area contributed by atoms with E-state index in [0.29, 0.717) is 55.5 Å². The second kappa shape index (κ2) is 9.51. The van der Waals surface area contributed by atoms with Gasteiger partial charge in [0.05, 0.1) is 30.7 Å². The Labute approximate surface area is 210 Å². The lowest BCUT2D eigenvalue weighted by molar-refractivity contribution is 0.0675. The van der Waals surface area contributed by atoms with Gasteiger partial charge < -0.3 is 14.5 Å². The zero-order chi connectivity index (χ0) is 24.6. The van der Waals surface area contributed by atoms with Crippen LogP contribution in [0.2, 0.25) is 0 Å². The Morgan fingerprint density at radius 1 is 1.19 bits per heavy atom. The Hall–Kier alpha value is -3.51. The quantitative estimate of drug-likeness (QED) is 0.560. The summed E-state index contributed by atoms with van der Waals surface area (Å²) in [6.07, 6.45) is 11.9. The standard InChI is InChI=1S/C27H31N7O2/c1-18-16-32(11-12-33(18)27(35)22-15-30-34-10-5-9-29-25(22)34)26-21(14-28)20-8-13-36-17-23(20)24(31-26)19-6-3-2-4-7-19/h5,9-10,15,18-19H,2-4,6-8,11-13,16-17H2,1H3/t18-/m1/s1. The maximum absolute atomic E-state index is 13.4. The largest absolute Gasteiger partial charge is 0.376 e. The van der Waals surface area contributed by atoms with Crippen molar-refractivity contribution in [3.05, 3.63) is 52.6 Å². The van der Waals surface area contributed by atoms with Gasteiger partial charge in [0.2, 0.25) is 0 Å². The Bertz CT molecular complexity index is 1340. The number of pyridine rings is 1. The Kier molecular flexibility index (Phi) is 6.05. The molecule has 2 fully saturated rings. The summed E-state index contributed by atoms with van der Waals surface area (Å²) in [7, 11) is 0. The van der Waals surface area contributed by atoms with Crippen molar-refractivity contribution in [3.8, 4) is 6.07 Å². The summed E-state index contributed by atoms with van der Waals surface area (Å²) in [5.41, 5.74) is 5.18. The highest BCUT2D eigenvalue weighted by atomic mass is 16.5. The number of nitrogens with zero attached hydrogens (tertiary/aromatic N) is 7. The molecule has 5 heterocycles. The molecule has 9 nitrogen and oxygen atoms in total. The van der Waals surface area contributed by atoms with Crippen molar-refractivity contribution >= 4 is 17.4 Å². The van der Waals surface area contributed by atoms with Crippen LogP contribution >= 0.6 is 0 Å². The Balaban J connectivity index is 1.30. The van der Waals surface area contributed by atoms with E-state index < -0.39 is 0 Å². The van der Waals surface area contributed by atoms with Gasteiger partial charge in [-0.25, -0.2) is 14.5 Å². The van der Waals surface area contributed by atoms with Crippen LogP contribution < -0.4 is 4.90 Å². The molecule has 0 unspecified atom stereocenters. The third kappa shape index (κ3) is 3.90. The number of hydrogen-bond acceptors (Lipinski definition) is 7. The number of amides is 1. The van der Waals surface area contributed by atoms with Crippen LogP contribution in [0.15, 0.2) is 24.7 Å². The number of aromatic nitrogens is 4. The zero-order valence-electron chi connectivity index (χ0n) is 20.7. The molecule has 0 radical (unpaired) electrons. The monoisotopic (exact) mass is 485 g/mol. The number of carbonyl (C=O) groups excluding carboxylic acids is 1. The van der Waals surface area contributed by atoms with Crippen molar-refractivity contribution in [3.63, 3.8) is 0 Å². The van der Waals surface area contributed by atoms with Gasteiger partial charge in [-0.1, -0.05) is 19.3 Å². The molecule has 0 aromatic carbocycles. The first-order chi connectivity index (χ1) is 17.7. The number of anilines is 1. The van der Waals surface area contributed by atoms with Gasteiger partial charge in [-0.3, -0.25) is 4.79 Å². The van der Waals surface area contributed by atoms with Gasteiger partial charge >= 0.3 is 0 Å². The lowest BCUT2D eigenvalue weighted by Crippen LogP contribution is -2.54. The summed E-state index contributed by atoms with van der Waals surface area (Å²) < 4.78 is 7.44. The first-order valence-corrected chi connectivity index (χ1v) is 13.0. The third-order valence-corrected chi connectivity index (χ3v) is 7.97. The minimum atomic E-state index is -0.0604. The predicted octanol–water partition coefficient (Wildman–Crippen LogP) is 3.47. The van der Waals surface area contributed by atoms with E-state index in [9.17, 15) is 10.1 Å². The molecule has 3 aliphatic rings. The molecule has 1 saturated heterocycles. The van der Waals surface area contributed by atoms with Crippen LogP contribution in [-0.2, 0) is 17.8 Å². The minimum Gasteiger partial charge on any atom is -0.376 e. The molecule has 0 N–H and O–H groups in total. The van der Waals surface area contributed by atoms with Crippen molar-refractivity contribution in [1.82, 2.24) is 24.5 Å². The average Bonchev–Trinajstić information content (AvgIpc) is 3.36. The van der Waals surface area contributed by atoms with E-state index in [1.807, 2.05) is 4.90 Å².